The Morgan fingerprint density at radius 2 is 1.75 bits per heavy atom. The van der Waals surface area contributed by atoms with E-state index in [0.717, 1.165) is 4.90 Å². The molecule has 114 valence electrons. The zero-order valence-electron chi connectivity index (χ0n) is 10.8. The van der Waals surface area contributed by atoms with Gasteiger partial charge in [-0.25, -0.2) is 0 Å². The van der Waals surface area contributed by atoms with Crippen LogP contribution in [0.1, 0.15) is 18.1 Å². The molecule has 1 aromatic carbocycles. The second kappa shape index (κ2) is 7.83. The molecule has 1 atom stereocenters. The van der Waals surface area contributed by atoms with Gasteiger partial charge in [-0.3, -0.25) is 4.90 Å². The van der Waals surface area contributed by atoms with E-state index in [-0.39, 0.29) is 26.1 Å². The van der Waals surface area contributed by atoms with Crippen molar-refractivity contribution in [3.63, 3.8) is 0 Å². The fourth-order valence-electron chi connectivity index (χ4n) is 1.82. The highest BCUT2D eigenvalue weighted by Crippen LogP contribution is 2.21. The van der Waals surface area contributed by atoms with Gasteiger partial charge in [0.05, 0.1) is 19.3 Å². The van der Waals surface area contributed by atoms with Gasteiger partial charge in [0, 0.05) is 18.1 Å². The highest BCUT2D eigenvalue weighted by molar-refractivity contribution is 6.30. The van der Waals surface area contributed by atoms with E-state index in [1.807, 2.05) is 0 Å². The fraction of sp³-hybridized carbons (Fsp3) is 0.538. The Morgan fingerprint density at radius 1 is 1.15 bits per heavy atom. The first-order chi connectivity index (χ1) is 9.31. The first-order valence-electron chi connectivity index (χ1n) is 6.15. The van der Waals surface area contributed by atoms with Crippen LogP contribution in [0.4, 0.5) is 13.2 Å². The second-order valence-corrected chi connectivity index (χ2v) is 4.91. The summed E-state index contributed by atoms with van der Waals surface area (Å²) in [5.41, 5.74) is 0.602. The van der Waals surface area contributed by atoms with Crippen molar-refractivity contribution in [1.82, 2.24) is 4.90 Å². The van der Waals surface area contributed by atoms with Crippen molar-refractivity contribution in [2.75, 3.05) is 26.2 Å². The molecular formula is C13H17ClF3NO2. The van der Waals surface area contributed by atoms with E-state index in [1.54, 1.807) is 24.3 Å². The third kappa shape index (κ3) is 6.56. The summed E-state index contributed by atoms with van der Waals surface area (Å²) in [5, 5.41) is 19.2. The first kappa shape index (κ1) is 17.2. The molecule has 0 aliphatic heterocycles. The number of aliphatic hydroxyl groups excluding tert-OH is 2. The maximum atomic E-state index is 12.3. The topological polar surface area (TPSA) is 43.7 Å². The van der Waals surface area contributed by atoms with E-state index >= 15 is 0 Å². The molecule has 0 fully saturated rings. The Hall–Kier alpha value is -0.820. The van der Waals surface area contributed by atoms with Gasteiger partial charge in [-0.2, -0.15) is 13.2 Å². The quantitative estimate of drug-likeness (QED) is 0.813. The second-order valence-electron chi connectivity index (χ2n) is 4.47. The molecule has 2 N–H and O–H groups in total. The van der Waals surface area contributed by atoms with Gasteiger partial charge in [0.1, 0.15) is 0 Å². The molecule has 0 heterocycles. The predicted molar refractivity (Wildman–Crippen MR) is 70.6 cm³/mol. The maximum absolute atomic E-state index is 12.3. The van der Waals surface area contributed by atoms with Crippen LogP contribution in [-0.4, -0.2) is 47.5 Å². The standard InChI is InChI=1S/C13H17ClF3NO2/c14-11-3-1-10(2-4-11)12(20)5-6-18(7-8-19)9-13(15,16)17/h1-4,12,19-20H,5-9H2. The average molecular weight is 312 g/mol. The zero-order chi connectivity index (χ0) is 15.2. The number of nitrogens with zero attached hydrogens (tertiary/aromatic N) is 1. The van der Waals surface area contributed by atoms with Gasteiger partial charge in [-0.05, 0) is 24.1 Å². The van der Waals surface area contributed by atoms with E-state index in [2.05, 4.69) is 0 Å². The van der Waals surface area contributed by atoms with Gasteiger partial charge in [-0.15, -0.1) is 0 Å². The SMILES string of the molecule is OCCN(CCC(O)c1ccc(Cl)cc1)CC(F)(F)F. The maximum Gasteiger partial charge on any atom is 0.401 e. The lowest BCUT2D eigenvalue weighted by Crippen LogP contribution is -2.37. The van der Waals surface area contributed by atoms with Gasteiger partial charge in [0.2, 0.25) is 0 Å². The molecule has 1 aromatic rings. The average Bonchev–Trinajstić information content (AvgIpc) is 2.35. The summed E-state index contributed by atoms with van der Waals surface area (Å²) < 4.78 is 37.0. The van der Waals surface area contributed by atoms with Gasteiger partial charge < -0.3 is 10.2 Å². The molecular weight excluding hydrogens is 295 g/mol. The number of halogens is 4. The lowest BCUT2D eigenvalue weighted by atomic mass is 10.1. The molecule has 20 heavy (non-hydrogen) atoms. The van der Waals surface area contributed by atoms with Crippen molar-refractivity contribution >= 4 is 11.6 Å². The molecule has 3 nitrogen and oxygen atoms in total. The number of benzene rings is 1. The van der Waals surface area contributed by atoms with Crippen molar-refractivity contribution in [3.8, 4) is 0 Å². The Morgan fingerprint density at radius 3 is 2.25 bits per heavy atom. The van der Waals surface area contributed by atoms with E-state index in [4.69, 9.17) is 16.7 Å². The summed E-state index contributed by atoms with van der Waals surface area (Å²) in [4.78, 5) is 1.07. The highest BCUT2D eigenvalue weighted by atomic mass is 35.5. The zero-order valence-corrected chi connectivity index (χ0v) is 11.5. The summed E-state index contributed by atoms with van der Waals surface area (Å²) >= 11 is 5.72. The van der Waals surface area contributed by atoms with Crippen molar-refractivity contribution in [2.24, 2.45) is 0 Å². The van der Waals surface area contributed by atoms with E-state index in [0.29, 0.717) is 10.6 Å². The van der Waals surface area contributed by atoms with E-state index in [9.17, 15) is 18.3 Å². The number of rotatable bonds is 7. The van der Waals surface area contributed by atoms with Crippen molar-refractivity contribution < 1.29 is 23.4 Å². The Balaban J connectivity index is 2.51. The molecule has 0 aromatic heterocycles. The van der Waals surface area contributed by atoms with Crippen LogP contribution in [0, 0.1) is 0 Å². The molecule has 1 unspecified atom stereocenters. The number of alkyl halides is 3. The van der Waals surface area contributed by atoms with E-state index in [1.165, 1.54) is 0 Å². The van der Waals surface area contributed by atoms with Crippen LogP contribution in [0.15, 0.2) is 24.3 Å². The third-order valence-electron chi connectivity index (χ3n) is 2.79. The van der Waals surface area contributed by atoms with Crippen LogP contribution in [-0.2, 0) is 0 Å². The Bertz CT molecular complexity index is 398. The number of hydrogen-bond acceptors (Lipinski definition) is 3. The summed E-state index contributed by atoms with van der Waals surface area (Å²) in [6, 6.07) is 6.49. The molecule has 0 bridgehead atoms. The molecule has 1 rings (SSSR count). The van der Waals surface area contributed by atoms with Crippen molar-refractivity contribution in [3.05, 3.63) is 34.9 Å². The summed E-state index contributed by atoms with van der Waals surface area (Å²) in [6.07, 6.45) is -5.03. The molecule has 0 aliphatic carbocycles. The highest BCUT2D eigenvalue weighted by Gasteiger charge is 2.30. The summed E-state index contributed by atoms with van der Waals surface area (Å²) in [5.74, 6) is 0. The van der Waals surface area contributed by atoms with E-state index < -0.39 is 18.8 Å². The van der Waals surface area contributed by atoms with Gasteiger partial charge in [0.25, 0.3) is 0 Å². The summed E-state index contributed by atoms with van der Waals surface area (Å²) in [6.45, 7) is -1.48. The van der Waals surface area contributed by atoms with Crippen molar-refractivity contribution in [2.45, 2.75) is 18.7 Å². The molecule has 0 radical (unpaired) electrons. The first-order valence-corrected chi connectivity index (χ1v) is 6.53. The third-order valence-corrected chi connectivity index (χ3v) is 3.04. The van der Waals surface area contributed by atoms with Crippen LogP contribution in [0.5, 0.6) is 0 Å². The smallest absolute Gasteiger partial charge is 0.395 e. The van der Waals surface area contributed by atoms with Gasteiger partial charge >= 0.3 is 6.18 Å². The molecule has 0 amide bonds. The molecule has 0 spiro atoms. The molecule has 7 heteroatoms. The van der Waals surface area contributed by atoms with Crippen molar-refractivity contribution in [1.29, 1.82) is 0 Å². The van der Waals surface area contributed by atoms with Crippen LogP contribution in [0.25, 0.3) is 0 Å². The monoisotopic (exact) mass is 311 g/mol. The number of hydrogen-bond donors (Lipinski definition) is 2. The minimum absolute atomic E-state index is 0.0455. The molecule has 0 saturated carbocycles. The fourth-order valence-corrected chi connectivity index (χ4v) is 1.95. The lowest BCUT2D eigenvalue weighted by Gasteiger charge is -2.24. The molecule has 0 saturated heterocycles. The van der Waals surface area contributed by atoms with Gasteiger partial charge in [0.15, 0.2) is 0 Å². The normalized spacial score (nSPS) is 13.8. The largest absolute Gasteiger partial charge is 0.401 e. The minimum atomic E-state index is -4.32. The lowest BCUT2D eigenvalue weighted by molar-refractivity contribution is -0.147. The predicted octanol–water partition coefficient (Wildman–Crippen LogP) is 2.62. The summed E-state index contributed by atoms with van der Waals surface area (Å²) in [7, 11) is 0. The molecule has 0 aliphatic rings. The Kier molecular flexibility index (Phi) is 6.75. The van der Waals surface area contributed by atoms with Crippen LogP contribution in [0.2, 0.25) is 5.02 Å². The number of aliphatic hydroxyl groups is 2. The van der Waals surface area contributed by atoms with Crippen LogP contribution in [0.3, 0.4) is 0 Å². The minimum Gasteiger partial charge on any atom is -0.395 e. The Labute approximate surface area is 120 Å². The van der Waals surface area contributed by atoms with Gasteiger partial charge in [-0.1, -0.05) is 23.7 Å². The van der Waals surface area contributed by atoms with Crippen LogP contribution >= 0.6 is 11.6 Å². The van der Waals surface area contributed by atoms with Crippen LogP contribution < -0.4 is 0 Å².